The second-order valence-electron chi connectivity index (χ2n) is 6.70. The maximum absolute atomic E-state index is 10.0. The molecule has 1 aromatic carbocycles. The Morgan fingerprint density at radius 1 is 1.26 bits per heavy atom. The van der Waals surface area contributed by atoms with E-state index in [1.165, 1.54) is 19.3 Å². The van der Waals surface area contributed by atoms with Gasteiger partial charge in [-0.25, -0.2) is 0 Å². The van der Waals surface area contributed by atoms with Crippen molar-refractivity contribution in [2.24, 2.45) is 16.8 Å². The van der Waals surface area contributed by atoms with Crippen LogP contribution >= 0.6 is 17.0 Å². The predicted molar refractivity (Wildman–Crippen MR) is 94.2 cm³/mol. The van der Waals surface area contributed by atoms with Gasteiger partial charge in [0.05, 0.1) is 6.04 Å². The fourth-order valence-corrected chi connectivity index (χ4v) is 4.00. The summed E-state index contributed by atoms with van der Waals surface area (Å²) in [6.45, 7) is 1.92. The van der Waals surface area contributed by atoms with Crippen molar-refractivity contribution in [3.05, 3.63) is 29.3 Å². The molecular weight excluding hydrogens is 410 g/mol. The fourth-order valence-electron chi connectivity index (χ4n) is 4.00. The van der Waals surface area contributed by atoms with E-state index in [0.29, 0.717) is 23.8 Å². The Labute approximate surface area is 157 Å². The normalized spacial score (nSPS) is 29.0. The number of fused-ring (bicyclic) bond motifs is 2. The first kappa shape index (κ1) is 19.4. The van der Waals surface area contributed by atoms with E-state index in [2.05, 4.69) is 19.0 Å². The van der Waals surface area contributed by atoms with Crippen molar-refractivity contribution in [2.75, 3.05) is 14.1 Å². The summed E-state index contributed by atoms with van der Waals surface area (Å²) in [5, 5.41) is 10.0. The van der Waals surface area contributed by atoms with E-state index in [9.17, 15) is 5.11 Å². The Balaban J connectivity index is 0.000000595. The molecule has 1 aromatic rings. The summed E-state index contributed by atoms with van der Waals surface area (Å²) >= 11 is -0.826. The van der Waals surface area contributed by atoms with Gasteiger partial charge in [0.1, 0.15) is 5.75 Å². The van der Waals surface area contributed by atoms with E-state index in [4.69, 9.17) is 22.0 Å². The van der Waals surface area contributed by atoms with Crippen LogP contribution in [-0.4, -0.2) is 42.4 Å². The third kappa shape index (κ3) is 4.81. The van der Waals surface area contributed by atoms with E-state index in [0.717, 1.165) is 17.0 Å². The topological polar surface area (TPSA) is 35.8 Å². The number of benzene rings is 1. The minimum absolute atomic E-state index is 0.364. The Morgan fingerprint density at radius 2 is 1.96 bits per heavy atom. The van der Waals surface area contributed by atoms with Gasteiger partial charge in [-0.2, -0.15) is 0 Å². The van der Waals surface area contributed by atoms with E-state index in [1.54, 1.807) is 0 Å². The van der Waals surface area contributed by atoms with Gasteiger partial charge >= 0.3 is 37.9 Å². The molecule has 4 atom stereocenters. The molecule has 3 nitrogen and oxygen atoms in total. The van der Waals surface area contributed by atoms with Crippen molar-refractivity contribution in [2.45, 2.75) is 38.3 Å². The van der Waals surface area contributed by atoms with E-state index in [1.807, 2.05) is 31.3 Å². The van der Waals surface area contributed by atoms with Gasteiger partial charge < -0.3 is 10.0 Å². The molecule has 4 unspecified atom stereocenters. The molecule has 2 fully saturated rings. The molecule has 2 aliphatic carbocycles. The summed E-state index contributed by atoms with van der Waals surface area (Å²) in [5.41, 5.74) is 1.75. The molecule has 0 amide bonds. The van der Waals surface area contributed by atoms with Gasteiger partial charge in [-0.1, -0.05) is 12.1 Å². The zero-order chi connectivity index (χ0) is 17.0. The van der Waals surface area contributed by atoms with Gasteiger partial charge in [-0.05, 0) is 63.7 Å². The van der Waals surface area contributed by atoms with Gasteiger partial charge in [0, 0.05) is 17.8 Å². The molecule has 3 rings (SSSR count). The molecule has 0 saturated heterocycles. The summed E-state index contributed by atoms with van der Waals surface area (Å²) in [6, 6.07) is 6.94. The van der Waals surface area contributed by atoms with Crippen LogP contribution in [0, 0.1) is 18.8 Å². The van der Waals surface area contributed by atoms with Crippen molar-refractivity contribution in [1.29, 1.82) is 0 Å². The quantitative estimate of drug-likeness (QED) is 0.723. The van der Waals surface area contributed by atoms with Gasteiger partial charge in [0.15, 0.2) is 0 Å². The van der Waals surface area contributed by atoms with Gasteiger partial charge in [0.2, 0.25) is 0 Å². The monoisotopic (exact) mass is 432 g/mol. The number of aromatic hydroxyl groups is 1. The number of rotatable bonds is 3. The number of phenolic OH excluding ortho intramolecular Hbond substituents is 1. The molecule has 0 heterocycles. The summed E-state index contributed by atoms with van der Waals surface area (Å²) in [6.07, 6.45) is 5.75. The molecular formula is C17H24Cl2N2OZr. The SMILES string of the molecule is Cc1cccc(C=NC2CC3CC2C(N(C)C)C3)c1O.[Cl][Zr][Cl]. The Bertz CT molecular complexity index is 553. The van der Waals surface area contributed by atoms with Crippen molar-refractivity contribution < 1.29 is 26.0 Å². The van der Waals surface area contributed by atoms with Gasteiger partial charge in [-0.15, -0.1) is 0 Å². The number of aliphatic imine (C=N–C) groups is 1. The second-order valence-corrected chi connectivity index (χ2v) is 10.4. The molecule has 2 saturated carbocycles. The molecule has 2 aliphatic rings. The molecule has 6 heteroatoms. The summed E-state index contributed by atoms with van der Waals surface area (Å²) in [7, 11) is 14.2. The molecule has 0 aromatic heterocycles. The molecule has 126 valence electrons. The van der Waals surface area contributed by atoms with E-state index in [-0.39, 0.29) is 0 Å². The van der Waals surface area contributed by atoms with Crippen LogP contribution in [-0.2, 0) is 20.8 Å². The Kier molecular flexibility index (Phi) is 7.60. The number of hydrogen-bond acceptors (Lipinski definition) is 3. The van der Waals surface area contributed by atoms with Crippen LogP contribution in [0.2, 0.25) is 0 Å². The van der Waals surface area contributed by atoms with E-state index >= 15 is 0 Å². The number of phenols is 1. The number of halogens is 2. The van der Waals surface area contributed by atoms with E-state index < -0.39 is 20.8 Å². The summed E-state index contributed by atoms with van der Waals surface area (Å²) in [5.74, 6) is 1.91. The average Bonchev–Trinajstić information content (AvgIpc) is 3.10. The molecule has 2 bridgehead atoms. The number of para-hydroxylation sites is 1. The molecule has 0 aliphatic heterocycles. The van der Waals surface area contributed by atoms with Gasteiger partial charge in [0.25, 0.3) is 0 Å². The third-order valence-corrected chi connectivity index (χ3v) is 5.08. The number of nitrogens with zero attached hydrogens (tertiary/aromatic N) is 2. The third-order valence-electron chi connectivity index (χ3n) is 5.08. The van der Waals surface area contributed by atoms with Crippen molar-refractivity contribution in [3.8, 4) is 5.75 Å². The van der Waals surface area contributed by atoms with Crippen molar-refractivity contribution in [1.82, 2.24) is 4.90 Å². The minimum atomic E-state index is -0.826. The molecule has 23 heavy (non-hydrogen) atoms. The Hall–Kier alpha value is 0.113. The van der Waals surface area contributed by atoms with Crippen LogP contribution in [0.4, 0.5) is 0 Å². The first-order chi connectivity index (χ1) is 11.0. The van der Waals surface area contributed by atoms with Crippen LogP contribution in [0.25, 0.3) is 0 Å². The molecule has 0 spiro atoms. The average molecular weight is 435 g/mol. The summed E-state index contributed by atoms with van der Waals surface area (Å²) < 4.78 is 0. The zero-order valence-electron chi connectivity index (χ0n) is 13.8. The molecule has 1 N–H and O–H groups in total. The van der Waals surface area contributed by atoms with Crippen LogP contribution in [0.15, 0.2) is 23.2 Å². The molecule has 0 radical (unpaired) electrons. The van der Waals surface area contributed by atoms with Crippen molar-refractivity contribution in [3.63, 3.8) is 0 Å². The van der Waals surface area contributed by atoms with Crippen molar-refractivity contribution >= 4 is 23.2 Å². The zero-order valence-corrected chi connectivity index (χ0v) is 17.8. The van der Waals surface area contributed by atoms with Crippen LogP contribution < -0.4 is 0 Å². The number of aryl methyl sites for hydroxylation is 1. The first-order valence-corrected chi connectivity index (χ1v) is 14.2. The van der Waals surface area contributed by atoms with Crippen LogP contribution in [0.1, 0.15) is 30.4 Å². The van der Waals surface area contributed by atoms with Crippen LogP contribution in [0.5, 0.6) is 5.75 Å². The fraction of sp³-hybridized carbons (Fsp3) is 0.588. The number of hydrogen-bond donors (Lipinski definition) is 1. The maximum atomic E-state index is 10.0. The van der Waals surface area contributed by atoms with Crippen LogP contribution in [0.3, 0.4) is 0 Å². The Morgan fingerprint density at radius 3 is 2.57 bits per heavy atom. The standard InChI is InChI=1S/C17H24N2O.2ClH.Zr/c1-11-5-4-6-13(17(11)20)10-18-15-8-12-7-14(15)16(9-12)19(2)3;;;/h4-6,10,12,14-16,20H,7-9H2,1-3H3;2*1H;/q;;;+2/p-2. The first-order valence-electron chi connectivity index (χ1n) is 7.92. The van der Waals surface area contributed by atoms with Gasteiger partial charge in [-0.3, -0.25) is 4.99 Å². The predicted octanol–water partition coefficient (Wildman–Crippen LogP) is 4.22. The second kappa shape index (κ2) is 8.99. The summed E-state index contributed by atoms with van der Waals surface area (Å²) in [4.78, 5) is 7.16.